The molecule has 78 valence electrons. The van der Waals surface area contributed by atoms with Gasteiger partial charge in [-0.15, -0.1) is 0 Å². The van der Waals surface area contributed by atoms with E-state index < -0.39 is 0 Å². The van der Waals surface area contributed by atoms with E-state index in [0.29, 0.717) is 18.9 Å². The predicted molar refractivity (Wildman–Crippen MR) is 52.7 cm³/mol. The van der Waals surface area contributed by atoms with Crippen molar-refractivity contribution in [2.75, 3.05) is 24.1 Å². The largest absolute Gasteiger partial charge is 0.483 e. The van der Waals surface area contributed by atoms with Gasteiger partial charge in [-0.1, -0.05) is 0 Å². The van der Waals surface area contributed by atoms with E-state index in [0.717, 1.165) is 0 Å². The van der Waals surface area contributed by atoms with Crippen molar-refractivity contribution in [2.45, 2.75) is 0 Å². The number of nitrogens with zero attached hydrogens (tertiary/aromatic N) is 2. The van der Waals surface area contributed by atoms with Gasteiger partial charge in [0.25, 0.3) is 6.47 Å². The Hall–Kier alpha value is -1.89. The summed E-state index contributed by atoms with van der Waals surface area (Å²) in [6.45, 7) is 1.01. The lowest BCUT2D eigenvalue weighted by Gasteiger charge is -2.02. The van der Waals surface area contributed by atoms with E-state index >= 15 is 0 Å². The lowest BCUT2D eigenvalue weighted by atomic mass is 10.5. The number of hydrogen-bond acceptors (Lipinski definition) is 6. The van der Waals surface area contributed by atoms with Gasteiger partial charge in [0.05, 0.1) is 0 Å². The second-order valence-corrected chi connectivity index (χ2v) is 2.12. The Balaban J connectivity index is 0.000000500. The predicted octanol–water partition coefficient (Wildman–Crippen LogP) is -0.870. The summed E-state index contributed by atoms with van der Waals surface area (Å²) in [4.78, 5) is 16.0. The van der Waals surface area contributed by atoms with Crippen LogP contribution in [0.15, 0.2) is 12.3 Å². The van der Waals surface area contributed by atoms with Crippen molar-refractivity contribution >= 4 is 18.2 Å². The normalized spacial score (nSPS) is 8.36. The van der Waals surface area contributed by atoms with Crippen molar-refractivity contribution in [1.82, 2.24) is 9.97 Å². The van der Waals surface area contributed by atoms with Crippen molar-refractivity contribution in [3.8, 4) is 0 Å². The van der Waals surface area contributed by atoms with Gasteiger partial charge in [0.2, 0.25) is 5.95 Å². The molecule has 14 heavy (non-hydrogen) atoms. The van der Waals surface area contributed by atoms with Crippen LogP contribution in [0.3, 0.4) is 0 Å². The molecule has 1 aromatic heterocycles. The van der Waals surface area contributed by atoms with Gasteiger partial charge in [-0.3, -0.25) is 4.79 Å². The molecule has 0 aliphatic heterocycles. The minimum Gasteiger partial charge on any atom is -0.483 e. The number of nitrogens with two attached hydrogens (primary N) is 2. The van der Waals surface area contributed by atoms with E-state index in [1.807, 2.05) is 0 Å². The van der Waals surface area contributed by atoms with Crippen LogP contribution in [0.4, 0.5) is 11.8 Å². The molecule has 0 saturated carbocycles. The first kappa shape index (κ1) is 12.1. The molecule has 7 nitrogen and oxygen atoms in total. The summed E-state index contributed by atoms with van der Waals surface area (Å²) < 4.78 is 0. The topological polar surface area (TPSA) is 127 Å². The smallest absolute Gasteiger partial charge is 0.290 e. The molecule has 1 heterocycles. The first-order chi connectivity index (χ1) is 6.74. The summed E-state index contributed by atoms with van der Waals surface area (Å²) in [5.74, 6) is 0.981. The van der Waals surface area contributed by atoms with Gasteiger partial charge in [-0.2, -0.15) is 4.98 Å². The number of carboxylic acid groups (broad SMARTS) is 1. The Labute approximate surface area is 81.2 Å². The van der Waals surface area contributed by atoms with Crippen LogP contribution in [0.25, 0.3) is 0 Å². The molecular formula is C7H13N5O2. The van der Waals surface area contributed by atoms with E-state index in [1.54, 1.807) is 12.3 Å². The van der Waals surface area contributed by atoms with Gasteiger partial charge in [-0.05, 0) is 6.07 Å². The van der Waals surface area contributed by atoms with E-state index in [1.165, 1.54) is 0 Å². The van der Waals surface area contributed by atoms with Gasteiger partial charge in [0, 0.05) is 19.3 Å². The minimum atomic E-state index is -0.250. The average molecular weight is 199 g/mol. The summed E-state index contributed by atoms with van der Waals surface area (Å²) in [6.07, 6.45) is 1.60. The van der Waals surface area contributed by atoms with Gasteiger partial charge in [0.15, 0.2) is 0 Å². The Morgan fingerprint density at radius 3 is 2.79 bits per heavy atom. The zero-order valence-corrected chi connectivity index (χ0v) is 7.55. The van der Waals surface area contributed by atoms with Gasteiger partial charge in [-0.25, -0.2) is 4.98 Å². The minimum absolute atomic E-state index is 0.250. The van der Waals surface area contributed by atoms with Gasteiger partial charge < -0.3 is 21.9 Å². The highest BCUT2D eigenvalue weighted by atomic mass is 16.3. The molecule has 0 amide bonds. The highest BCUT2D eigenvalue weighted by molar-refractivity contribution is 5.37. The quantitative estimate of drug-likeness (QED) is 0.466. The Morgan fingerprint density at radius 1 is 1.64 bits per heavy atom. The molecule has 6 N–H and O–H groups in total. The summed E-state index contributed by atoms with van der Waals surface area (Å²) in [7, 11) is 0. The highest BCUT2D eigenvalue weighted by Crippen LogP contribution is 2.00. The number of nitrogens with one attached hydrogen (secondary N) is 1. The molecule has 0 fully saturated rings. The Bertz CT molecular complexity index is 268. The molecule has 0 radical (unpaired) electrons. The number of nitrogen functional groups attached to an aromatic ring is 1. The zero-order valence-electron chi connectivity index (χ0n) is 7.55. The van der Waals surface area contributed by atoms with Crippen LogP contribution in [0.1, 0.15) is 0 Å². The van der Waals surface area contributed by atoms with Crippen molar-refractivity contribution in [1.29, 1.82) is 0 Å². The number of hydrogen-bond donors (Lipinski definition) is 4. The number of aromatic nitrogens is 2. The second kappa shape index (κ2) is 7.74. The van der Waals surface area contributed by atoms with E-state index in [4.69, 9.17) is 21.4 Å². The maximum atomic E-state index is 8.36. The molecule has 0 aromatic carbocycles. The molecule has 0 spiro atoms. The van der Waals surface area contributed by atoms with Crippen molar-refractivity contribution < 1.29 is 9.90 Å². The molecule has 0 aliphatic carbocycles. The monoisotopic (exact) mass is 199 g/mol. The Kier molecular flexibility index (Phi) is 6.70. The maximum Gasteiger partial charge on any atom is 0.290 e. The molecule has 1 aromatic rings. The second-order valence-electron chi connectivity index (χ2n) is 2.12. The van der Waals surface area contributed by atoms with Crippen LogP contribution in [-0.4, -0.2) is 34.6 Å². The van der Waals surface area contributed by atoms with E-state index in [2.05, 4.69) is 15.3 Å². The Morgan fingerprint density at radius 2 is 2.29 bits per heavy atom. The van der Waals surface area contributed by atoms with Crippen LogP contribution in [0.5, 0.6) is 0 Å². The van der Waals surface area contributed by atoms with Crippen LogP contribution in [-0.2, 0) is 4.79 Å². The third kappa shape index (κ3) is 5.72. The summed E-state index contributed by atoms with van der Waals surface area (Å²) in [5, 5.41) is 9.87. The molecule has 0 saturated heterocycles. The molecule has 0 atom stereocenters. The molecule has 1 rings (SSSR count). The van der Waals surface area contributed by atoms with Crippen molar-refractivity contribution in [3.05, 3.63) is 12.3 Å². The van der Waals surface area contributed by atoms with Gasteiger partial charge in [0.1, 0.15) is 5.82 Å². The lowest BCUT2D eigenvalue weighted by molar-refractivity contribution is -0.122. The van der Waals surface area contributed by atoms with E-state index in [9.17, 15) is 0 Å². The van der Waals surface area contributed by atoms with Crippen molar-refractivity contribution in [3.63, 3.8) is 0 Å². The molecule has 7 heteroatoms. The van der Waals surface area contributed by atoms with Gasteiger partial charge >= 0.3 is 0 Å². The summed E-state index contributed by atoms with van der Waals surface area (Å²) in [5.41, 5.74) is 10.6. The number of carbonyl (C=O) groups is 1. The first-order valence-corrected chi connectivity index (χ1v) is 3.85. The summed E-state index contributed by atoms with van der Waals surface area (Å²) >= 11 is 0. The van der Waals surface area contributed by atoms with Crippen LogP contribution < -0.4 is 16.8 Å². The average Bonchev–Trinajstić information content (AvgIpc) is 2.16. The molecule has 0 aliphatic rings. The highest BCUT2D eigenvalue weighted by Gasteiger charge is 1.91. The van der Waals surface area contributed by atoms with Crippen LogP contribution in [0.2, 0.25) is 0 Å². The first-order valence-electron chi connectivity index (χ1n) is 3.85. The molecular weight excluding hydrogens is 186 g/mol. The lowest BCUT2D eigenvalue weighted by Crippen LogP contribution is -2.14. The molecule has 0 unspecified atom stereocenters. The van der Waals surface area contributed by atoms with Crippen molar-refractivity contribution in [2.24, 2.45) is 5.73 Å². The number of rotatable bonds is 3. The summed E-state index contributed by atoms with van der Waals surface area (Å²) in [6, 6.07) is 1.74. The third-order valence-corrected chi connectivity index (χ3v) is 1.12. The van der Waals surface area contributed by atoms with Crippen LogP contribution in [0, 0.1) is 0 Å². The SMILES string of the molecule is NCCNc1ccnc(N)n1.O=CO. The third-order valence-electron chi connectivity index (χ3n) is 1.12. The molecule has 0 bridgehead atoms. The zero-order chi connectivity index (χ0) is 10.8. The standard InChI is InChI=1S/C6H11N5.CH2O2/c7-2-4-9-5-1-3-10-6(8)11-5;2-1-3/h1,3H,2,4,7H2,(H3,8,9,10,11);1H,(H,2,3). The number of anilines is 2. The maximum absolute atomic E-state index is 8.36. The van der Waals surface area contributed by atoms with Crippen LogP contribution >= 0.6 is 0 Å². The van der Waals surface area contributed by atoms with E-state index in [-0.39, 0.29) is 12.4 Å². The fourth-order valence-corrected chi connectivity index (χ4v) is 0.672. The fraction of sp³-hybridized carbons (Fsp3) is 0.286. The fourth-order valence-electron chi connectivity index (χ4n) is 0.672.